The lowest BCUT2D eigenvalue weighted by Crippen LogP contribution is -2.36. The number of nitrogens with zero attached hydrogens (tertiary/aromatic N) is 2. The van der Waals surface area contributed by atoms with Gasteiger partial charge >= 0.3 is 6.03 Å². The van der Waals surface area contributed by atoms with Gasteiger partial charge in [-0.2, -0.15) is 0 Å². The van der Waals surface area contributed by atoms with Gasteiger partial charge in [0.1, 0.15) is 11.5 Å². The first-order chi connectivity index (χ1) is 9.47. The summed E-state index contributed by atoms with van der Waals surface area (Å²) in [5, 5.41) is 2.73. The van der Waals surface area contributed by atoms with Crippen molar-refractivity contribution >= 4 is 34.8 Å². The summed E-state index contributed by atoms with van der Waals surface area (Å²) >= 11 is 4.85. The third-order valence-electron chi connectivity index (χ3n) is 3.09. The van der Waals surface area contributed by atoms with Crippen LogP contribution in [0.2, 0.25) is 0 Å². The number of hydrogen-bond acceptors (Lipinski definition) is 3. The summed E-state index contributed by atoms with van der Waals surface area (Å²) in [5.74, 6) is -0.225. The number of anilines is 1. The first kappa shape index (κ1) is 14.3. The normalized spacial score (nSPS) is 14.6. The first-order valence-electron chi connectivity index (χ1n) is 6.17. The zero-order chi connectivity index (χ0) is 14.7. The van der Waals surface area contributed by atoms with Crippen molar-refractivity contribution in [3.8, 4) is 0 Å². The molecule has 0 bridgehead atoms. The lowest BCUT2D eigenvalue weighted by Gasteiger charge is -2.15. The molecule has 0 atom stereocenters. The second-order valence-electron chi connectivity index (χ2n) is 4.62. The van der Waals surface area contributed by atoms with Gasteiger partial charge in [0.25, 0.3) is 0 Å². The fourth-order valence-electron chi connectivity index (χ4n) is 1.94. The number of rotatable bonds is 4. The van der Waals surface area contributed by atoms with E-state index in [0.717, 1.165) is 5.56 Å². The molecule has 1 aromatic carbocycles. The minimum absolute atomic E-state index is 0.0558. The van der Waals surface area contributed by atoms with Crippen LogP contribution < -0.4 is 11.1 Å². The van der Waals surface area contributed by atoms with E-state index >= 15 is 0 Å². The van der Waals surface area contributed by atoms with Gasteiger partial charge in [-0.1, -0.05) is 12.2 Å². The molecular weight excluding hydrogens is 276 g/mol. The SMILES string of the molecule is CN1CCN(CC(=O)Nc2ccc(C(N)=S)cc2)C1=O. The third kappa shape index (κ3) is 3.24. The molecule has 20 heavy (non-hydrogen) atoms. The molecule has 1 heterocycles. The molecule has 0 radical (unpaired) electrons. The Labute approximate surface area is 122 Å². The molecule has 1 saturated heterocycles. The number of carbonyl (C=O) groups excluding carboxylic acids is 2. The maximum atomic E-state index is 11.9. The van der Waals surface area contributed by atoms with Crippen molar-refractivity contribution < 1.29 is 9.59 Å². The lowest BCUT2D eigenvalue weighted by molar-refractivity contribution is -0.116. The van der Waals surface area contributed by atoms with E-state index in [4.69, 9.17) is 18.0 Å². The van der Waals surface area contributed by atoms with Gasteiger partial charge in [0.15, 0.2) is 0 Å². The number of thiocarbonyl (C=S) groups is 1. The van der Waals surface area contributed by atoms with E-state index in [0.29, 0.717) is 23.8 Å². The Morgan fingerprint density at radius 3 is 2.50 bits per heavy atom. The van der Waals surface area contributed by atoms with Crippen LogP contribution in [0.15, 0.2) is 24.3 Å². The van der Waals surface area contributed by atoms with Crippen molar-refractivity contribution in [1.29, 1.82) is 0 Å². The molecule has 106 valence electrons. The number of nitrogens with one attached hydrogen (secondary N) is 1. The van der Waals surface area contributed by atoms with Crippen LogP contribution in [0.4, 0.5) is 10.5 Å². The molecule has 0 saturated carbocycles. The summed E-state index contributed by atoms with van der Waals surface area (Å²) in [7, 11) is 1.72. The van der Waals surface area contributed by atoms with Crippen LogP contribution in [0.25, 0.3) is 0 Å². The molecule has 2 rings (SSSR count). The Bertz CT molecular complexity index is 544. The molecule has 6 nitrogen and oxygen atoms in total. The van der Waals surface area contributed by atoms with Crippen LogP contribution in [-0.2, 0) is 4.79 Å². The van der Waals surface area contributed by atoms with E-state index in [1.807, 2.05) is 0 Å². The van der Waals surface area contributed by atoms with Gasteiger partial charge in [0.05, 0.1) is 0 Å². The van der Waals surface area contributed by atoms with Gasteiger partial charge < -0.3 is 20.9 Å². The quantitative estimate of drug-likeness (QED) is 0.798. The topological polar surface area (TPSA) is 78.7 Å². The number of nitrogens with two attached hydrogens (primary N) is 1. The highest BCUT2D eigenvalue weighted by Gasteiger charge is 2.26. The molecule has 3 N–H and O–H groups in total. The molecule has 1 aromatic rings. The molecular formula is C13H16N4O2S. The van der Waals surface area contributed by atoms with Crippen LogP contribution in [0, 0.1) is 0 Å². The highest BCUT2D eigenvalue weighted by atomic mass is 32.1. The molecule has 0 spiro atoms. The zero-order valence-corrected chi connectivity index (χ0v) is 11.9. The highest BCUT2D eigenvalue weighted by molar-refractivity contribution is 7.80. The Morgan fingerprint density at radius 2 is 2.00 bits per heavy atom. The van der Waals surface area contributed by atoms with Crippen molar-refractivity contribution in [3.05, 3.63) is 29.8 Å². The van der Waals surface area contributed by atoms with Gasteiger partial charge in [0, 0.05) is 31.4 Å². The average Bonchev–Trinajstić information content (AvgIpc) is 2.71. The standard InChI is InChI=1S/C13H16N4O2S/c1-16-6-7-17(13(16)19)8-11(18)15-10-4-2-9(3-5-10)12(14)20/h2-5H,6-8H2,1H3,(H2,14,20)(H,15,18). The molecule has 1 fully saturated rings. The van der Waals surface area contributed by atoms with Gasteiger partial charge in [-0.3, -0.25) is 4.79 Å². The van der Waals surface area contributed by atoms with Gasteiger partial charge in [-0.15, -0.1) is 0 Å². The Balaban J connectivity index is 1.91. The predicted molar refractivity (Wildman–Crippen MR) is 80.6 cm³/mol. The summed E-state index contributed by atoms with van der Waals surface area (Å²) in [6, 6.07) is 6.82. The summed E-state index contributed by atoms with van der Waals surface area (Å²) in [6.07, 6.45) is 0. The van der Waals surface area contributed by atoms with Crippen molar-refractivity contribution in [2.24, 2.45) is 5.73 Å². The van der Waals surface area contributed by atoms with E-state index in [2.05, 4.69) is 5.32 Å². The Kier molecular flexibility index (Phi) is 4.19. The average molecular weight is 292 g/mol. The molecule has 0 aliphatic carbocycles. The Morgan fingerprint density at radius 1 is 1.35 bits per heavy atom. The van der Waals surface area contributed by atoms with Crippen LogP contribution in [0.1, 0.15) is 5.56 Å². The number of likely N-dealkylation sites (N-methyl/N-ethyl adjacent to an activating group) is 1. The number of carbonyl (C=O) groups is 2. The van der Waals surface area contributed by atoms with Crippen LogP contribution in [0.3, 0.4) is 0 Å². The highest BCUT2D eigenvalue weighted by Crippen LogP contribution is 2.10. The molecule has 3 amide bonds. The van der Waals surface area contributed by atoms with Gasteiger partial charge in [-0.25, -0.2) is 4.79 Å². The fourth-order valence-corrected chi connectivity index (χ4v) is 2.08. The number of urea groups is 1. The minimum Gasteiger partial charge on any atom is -0.389 e. The van der Waals surface area contributed by atoms with Crippen molar-refractivity contribution in [2.45, 2.75) is 0 Å². The van der Waals surface area contributed by atoms with E-state index in [1.165, 1.54) is 4.90 Å². The second-order valence-corrected chi connectivity index (χ2v) is 5.06. The monoisotopic (exact) mass is 292 g/mol. The van der Waals surface area contributed by atoms with E-state index in [9.17, 15) is 9.59 Å². The van der Waals surface area contributed by atoms with Crippen LogP contribution in [-0.4, -0.2) is 53.4 Å². The van der Waals surface area contributed by atoms with E-state index in [-0.39, 0.29) is 18.5 Å². The fraction of sp³-hybridized carbons (Fsp3) is 0.308. The number of hydrogen-bond donors (Lipinski definition) is 2. The van der Waals surface area contributed by atoms with Gasteiger partial charge in [-0.05, 0) is 24.3 Å². The number of benzene rings is 1. The smallest absolute Gasteiger partial charge is 0.320 e. The zero-order valence-electron chi connectivity index (χ0n) is 11.1. The summed E-state index contributed by atoms with van der Waals surface area (Å²) in [6.45, 7) is 1.28. The Hall–Kier alpha value is -2.15. The summed E-state index contributed by atoms with van der Waals surface area (Å²) in [4.78, 5) is 26.9. The largest absolute Gasteiger partial charge is 0.389 e. The summed E-state index contributed by atoms with van der Waals surface area (Å²) < 4.78 is 0. The van der Waals surface area contributed by atoms with Crippen molar-refractivity contribution in [1.82, 2.24) is 9.80 Å². The minimum atomic E-state index is -0.225. The molecule has 1 aliphatic heterocycles. The predicted octanol–water partition coefficient (Wildman–Crippen LogP) is 0.627. The molecule has 0 aromatic heterocycles. The van der Waals surface area contributed by atoms with Crippen LogP contribution in [0.5, 0.6) is 0 Å². The molecule has 0 unspecified atom stereocenters. The second kappa shape index (κ2) is 5.87. The van der Waals surface area contributed by atoms with Crippen LogP contribution >= 0.6 is 12.2 Å². The lowest BCUT2D eigenvalue weighted by atomic mass is 10.2. The summed E-state index contributed by atoms with van der Waals surface area (Å²) in [5.41, 5.74) is 6.89. The van der Waals surface area contributed by atoms with E-state index in [1.54, 1.807) is 36.2 Å². The molecule has 7 heteroatoms. The number of amides is 3. The molecule has 1 aliphatic rings. The van der Waals surface area contributed by atoms with Crippen molar-refractivity contribution in [3.63, 3.8) is 0 Å². The van der Waals surface area contributed by atoms with Gasteiger partial charge in [0.2, 0.25) is 5.91 Å². The third-order valence-corrected chi connectivity index (χ3v) is 3.33. The maximum Gasteiger partial charge on any atom is 0.320 e. The van der Waals surface area contributed by atoms with Crippen molar-refractivity contribution in [2.75, 3.05) is 32.0 Å². The maximum absolute atomic E-state index is 11.9. The van der Waals surface area contributed by atoms with E-state index < -0.39 is 0 Å². The first-order valence-corrected chi connectivity index (χ1v) is 6.58.